The van der Waals surface area contributed by atoms with E-state index < -0.39 is 7.01 Å². The van der Waals surface area contributed by atoms with Gasteiger partial charge in [0.15, 0.2) is 0 Å². The van der Waals surface area contributed by atoms with Crippen LogP contribution in [0.3, 0.4) is 0 Å². The lowest BCUT2D eigenvalue weighted by molar-refractivity contribution is 0.612. The lowest BCUT2D eigenvalue weighted by Crippen LogP contribution is -1.90. The Hall–Kier alpha value is -0.300. The Kier molecular flexibility index (Phi) is 2.38. The van der Waals surface area contributed by atoms with E-state index in [1.54, 1.807) is 12.1 Å². The zero-order chi connectivity index (χ0) is 8.48. The molecule has 0 atom stereocenters. The van der Waals surface area contributed by atoms with E-state index >= 15 is 0 Å². The summed E-state index contributed by atoms with van der Waals surface area (Å²) in [6, 6.07) is 6.09. The highest BCUT2D eigenvalue weighted by atomic mass is 127. The van der Waals surface area contributed by atoms with Gasteiger partial charge in [0.2, 0.25) is 7.01 Å². The zero-order valence-electron chi connectivity index (χ0n) is 5.49. The molecule has 0 spiro atoms. The molecule has 0 unspecified atom stereocenters. The zero-order valence-corrected chi connectivity index (χ0v) is 8.46. The molecule has 1 aromatic carbocycles. The molecule has 0 aliphatic rings. The first kappa shape index (κ1) is 8.79. The van der Waals surface area contributed by atoms with Crippen LogP contribution in [0, 0.1) is 0 Å². The van der Waals surface area contributed by atoms with E-state index in [0.29, 0.717) is 5.69 Å². The molecule has 0 saturated carbocycles. The van der Waals surface area contributed by atoms with Crippen molar-refractivity contribution in [2.75, 3.05) is 5.73 Å². The van der Waals surface area contributed by atoms with Crippen molar-refractivity contribution in [2.24, 2.45) is 0 Å². The highest BCUT2D eigenvalue weighted by molar-refractivity contribution is 14.2. The molecule has 0 amide bonds. The van der Waals surface area contributed by atoms with E-state index in [1.165, 1.54) is 33.3 Å². The standard InChI is InChI=1S/C6H6INO2S/c7-11(9,10)6-3-1-5(8)2-4-6/h1-4H,8H2. The largest absolute Gasteiger partial charge is 0.399 e. The summed E-state index contributed by atoms with van der Waals surface area (Å²) in [6.07, 6.45) is 0. The van der Waals surface area contributed by atoms with Gasteiger partial charge in [-0.3, -0.25) is 0 Å². The minimum absolute atomic E-state index is 0.285. The van der Waals surface area contributed by atoms with Crippen molar-refractivity contribution in [3.8, 4) is 0 Å². The van der Waals surface area contributed by atoms with Gasteiger partial charge in [-0.2, -0.15) is 0 Å². The Morgan fingerprint density at radius 1 is 1.18 bits per heavy atom. The number of nitrogens with two attached hydrogens (primary N) is 1. The lowest BCUT2D eigenvalue weighted by Gasteiger charge is -1.95. The molecule has 0 aliphatic heterocycles. The van der Waals surface area contributed by atoms with Gasteiger partial charge < -0.3 is 5.73 Å². The first-order valence-corrected chi connectivity index (χ1v) is 6.83. The molecule has 60 valence electrons. The molecule has 0 fully saturated rings. The SMILES string of the molecule is Nc1ccc(S(=O)(=O)I)cc1. The molecule has 0 aliphatic carbocycles. The van der Waals surface area contributed by atoms with Crippen LogP contribution in [0.2, 0.25) is 0 Å². The summed E-state index contributed by atoms with van der Waals surface area (Å²) >= 11 is 1.39. The molecule has 2 N–H and O–H groups in total. The van der Waals surface area contributed by atoms with Gasteiger partial charge in [0, 0.05) is 5.69 Å². The van der Waals surface area contributed by atoms with E-state index in [2.05, 4.69) is 0 Å². The van der Waals surface area contributed by atoms with E-state index in [4.69, 9.17) is 5.73 Å². The van der Waals surface area contributed by atoms with Gasteiger partial charge in [-0.15, -0.1) is 0 Å². The van der Waals surface area contributed by atoms with Gasteiger partial charge in [-0.25, -0.2) is 8.42 Å². The predicted molar refractivity (Wildman–Crippen MR) is 52.1 cm³/mol. The van der Waals surface area contributed by atoms with Gasteiger partial charge in [-0.1, -0.05) is 0 Å². The summed E-state index contributed by atoms with van der Waals surface area (Å²) in [5.74, 6) is 0. The second-order valence-electron chi connectivity index (χ2n) is 2.01. The number of hydrogen-bond acceptors (Lipinski definition) is 3. The lowest BCUT2D eigenvalue weighted by atomic mass is 10.3. The van der Waals surface area contributed by atoms with Crippen LogP contribution in [-0.4, -0.2) is 8.42 Å². The van der Waals surface area contributed by atoms with Gasteiger partial charge in [0.25, 0.3) is 0 Å². The third-order valence-corrected chi connectivity index (χ3v) is 3.52. The fourth-order valence-electron chi connectivity index (χ4n) is 0.630. The molecule has 1 aromatic rings. The number of hydrogen-bond donors (Lipinski definition) is 1. The van der Waals surface area contributed by atoms with Gasteiger partial charge >= 0.3 is 0 Å². The van der Waals surface area contributed by atoms with E-state index in [0.717, 1.165) is 0 Å². The normalized spacial score (nSPS) is 11.4. The van der Waals surface area contributed by atoms with Crippen LogP contribution in [0.15, 0.2) is 29.2 Å². The smallest absolute Gasteiger partial charge is 0.231 e. The molecule has 0 aromatic heterocycles. The van der Waals surface area contributed by atoms with Crippen molar-refractivity contribution in [1.29, 1.82) is 0 Å². The molecule has 0 saturated heterocycles. The first-order chi connectivity index (χ1) is 5.00. The number of anilines is 1. The monoisotopic (exact) mass is 283 g/mol. The second kappa shape index (κ2) is 2.98. The van der Waals surface area contributed by atoms with Crippen molar-refractivity contribution >= 4 is 33.9 Å². The minimum Gasteiger partial charge on any atom is -0.399 e. The van der Waals surface area contributed by atoms with Crippen LogP contribution in [0.5, 0.6) is 0 Å². The molecule has 0 bridgehead atoms. The highest BCUT2D eigenvalue weighted by Gasteiger charge is 2.06. The molecular weight excluding hydrogens is 277 g/mol. The maximum Gasteiger partial charge on any atom is 0.231 e. The fourth-order valence-corrected chi connectivity index (χ4v) is 1.97. The van der Waals surface area contributed by atoms with Crippen LogP contribution in [0.4, 0.5) is 5.69 Å². The Balaban J connectivity index is 3.20. The number of benzene rings is 1. The Morgan fingerprint density at radius 2 is 1.64 bits per heavy atom. The van der Waals surface area contributed by atoms with Crippen LogP contribution in [-0.2, 0) is 7.01 Å². The molecule has 0 heterocycles. The summed E-state index contributed by atoms with van der Waals surface area (Å²) in [5, 5.41) is 0. The van der Waals surface area contributed by atoms with Crippen molar-refractivity contribution in [2.45, 2.75) is 4.90 Å². The molecule has 0 radical (unpaired) electrons. The van der Waals surface area contributed by atoms with Gasteiger partial charge in [0.05, 0.1) is 26.1 Å². The molecular formula is C6H6INO2S. The van der Waals surface area contributed by atoms with Crippen LogP contribution in [0.1, 0.15) is 0 Å². The summed E-state index contributed by atoms with van der Waals surface area (Å²) in [7, 11) is -3.11. The average molecular weight is 283 g/mol. The highest BCUT2D eigenvalue weighted by Crippen LogP contribution is 2.17. The van der Waals surface area contributed by atoms with Crippen molar-refractivity contribution in [1.82, 2.24) is 0 Å². The summed E-state index contributed by atoms with van der Waals surface area (Å²) in [4.78, 5) is 0.285. The molecule has 5 heteroatoms. The van der Waals surface area contributed by atoms with Crippen molar-refractivity contribution in [3.05, 3.63) is 24.3 Å². The summed E-state index contributed by atoms with van der Waals surface area (Å²) in [5.41, 5.74) is 5.94. The van der Waals surface area contributed by atoms with Crippen molar-refractivity contribution in [3.63, 3.8) is 0 Å². The van der Waals surface area contributed by atoms with Gasteiger partial charge in [-0.05, 0) is 24.3 Å². The Bertz CT molecular complexity index is 343. The number of rotatable bonds is 1. The molecule has 11 heavy (non-hydrogen) atoms. The third kappa shape index (κ3) is 2.33. The topological polar surface area (TPSA) is 60.2 Å². The molecule has 3 nitrogen and oxygen atoms in total. The Morgan fingerprint density at radius 3 is 2.00 bits per heavy atom. The molecule has 1 rings (SSSR count). The van der Waals surface area contributed by atoms with Crippen LogP contribution >= 0.6 is 21.2 Å². The number of nitrogen functional groups attached to an aromatic ring is 1. The number of halogens is 1. The van der Waals surface area contributed by atoms with E-state index in [1.807, 2.05) is 0 Å². The summed E-state index contributed by atoms with van der Waals surface area (Å²) in [6.45, 7) is 0. The Labute approximate surface area is 77.1 Å². The maximum atomic E-state index is 10.9. The summed E-state index contributed by atoms with van der Waals surface area (Å²) < 4.78 is 21.8. The van der Waals surface area contributed by atoms with E-state index in [9.17, 15) is 8.42 Å². The van der Waals surface area contributed by atoms with E-state index in [-0.39, 0.29) is 4.90 Å². The second-order valence-corrected chi connectivity index (χ2v) is 6.83. The predicted octanol–water partition coefficient (Wildman–Crippen LogP) is 1.39. The fraction of sp³-hybridized carbons (Fsp3) is 0. The van der Waals surface area contributed by atoms with Crippen LogP contribution in [0.25, 0.3) is 0 Å². The van der Waals surface area contributed by atoms with Crippen LogP contribution < -0.4 is 5.73 Å². The van der Waals surface area contributed by atoms with Crippen molar-refractivity contribution < 1.29 is 8.42 Å². The minimum atomic E-state index is -3.11. The third-order valence-electron chi connectivity index (χ3n) is 1.16. The van der Waals surface area contributed by atoms with Gasteiger partial charge in [0.1, 0.15) is 0 Å². The average Bonchev–Trinajstić information content (AvgIpc) is 1.86. The maximum absolute atomic E-state index is 10.9. The first-order valence-electron chi connectivity index (χ1n) is 2.80. The quantitative estimate of drug-likeness (QED) is 0.481.